The lowest BCUT2D eigenvalue weighted by Crippen LogP contribution is -2.22. The smallest absolute Gasteiger partial charge is 0.269 e. The topological polar surface area (TPSA) is 115 Å². The van der Waals surface area contributed by atoms with Gasteiger partial charge in [-0.1, -0.05) is 41.9 Å². The predicted octanol–water partition coefficient (Wildman–Crippen LogP) is 5.41. The number of hydrogen-bond acceptors (Lipinski definition) is 6. The summed E-state index contributed by atoms with van der Waals surface area (Å²) < 4.78 is 3.12. The third-order valence-corrected chi connectivity index (χ3v) is 6.38. The van der Waals surface area contributed by atoms with Gasteiger partial charge in [-0.2, -0.15) is 10.4 Å². The number of nitriles is 1. The monoisotopic (exact) mass is 515 g/mol. The van der Waals surface area contributed by atoms with E-state index in [1.54, 1.807) is 64.0 Å². The zero-order valence-corrected chi connectivity index (χ0v) is 20.5. The van der Waals surface area contributed by atoms with Gasteiger partial charge in [0.1, 0.15) is 11.2 Å². The normalized spacial score (nSPS) is 10.9. The highest BCUT2D eigenvalue weighted by Gasteiger charge is 2.19. The molecule has 0 saturated carbocycles. The highest BCUT2D eigenvalue weighted by Crippen LogP contribution is 2.27. The Labute approximate surface area is 221 Å². The Kier molecular flexibility index (Phi) is 5.68. The Hall–Kier alpha value is -5.26. The van der Waals surface area contributed by atoms with Crippen LogP contribution in [-0.4, -0.2) is 24.3 Å². The van der Waals surface area contributed by atoms with E-state index < -0.39 is 0 Å². The van der Waals surface area contributed by atoms with Gasteiger partial charge in [0.25, 0.3) is 5.56 Å². The van der Waals surface area contributed by atoms with E-state index in [1.165, 1.54) is 6.20 Å². The molecule has 38 heavy (non-hydrogen) atoms. The summed E-state index contributed by atoms with van der Waals surface area (Å²) in [6, 6.07) is 27.4. The SMILES string of the molecule is N#Cc1cccc(-n2ncc3c(=O)n(-c4ccc(Cl)cc4)c(-c4ccc(-c5ccc(N)cn5)cc4)nc32)c1. The second kappa shape index (κ2) is 9.32. The molecule has 6 rings (SSSR count). The molecular weight excluding hydrogens is 498 g/mol. The van der Waals surface area contributed by atoms with Gasteiger partial charge in [0, 0.05) is 16.1 Å². The van der Waals surface area contributed by atoms with Crippen molar-refractivity contribution in [1.29, 1.82) is 5.26 Å². The fourth-order valence-electron chi connectivity index (χ4n) is 4.25. The molecule has 8 nitrogen and oxygen atoms in total. The summed E-state index contributed by atoms with van der Waals surface area (Å²) in [6.45, 7) is 0. The first-order valence-corrected chi connectivity index (χ1v) is 12.0. The van der Waals surface area contributed by atoms with Crippen LogP contribution in [-0.2, 0) is 0 Å². The van der Waals surface area contributed by atoms with Gasteiger partial charge in [0.05, 0.1) is 46.8 Å². The van der Waals surface area contributed by atoms with Crippen LogP contribution in [0.5, 0.6) is 0 Å². The maximum Gasteiger partial charge on any atom is 0.269 e. The fraction of sp³-hybridized carbons (Fsp3) is 0. The molecule has 0 atom stereocenters. The first kappa shape index (κ1) is 23.2. The number of halogens is 1. The Balaban J connectivity index is 1.57. The van der Waals surface area contributed by atoms with Crippen molar-refractivity contribution in [1.82, 2.24) is 24.3 Å². The second-order valence-electron chi connectivity index (χ2n) is 8.56. The van der Waals surface area contributed by atoms with Gasteiger partial charge in [-0.25, -0.2) is 9.67 Å². The zero-order valence-electron chi connectivity index (χ0n) is 19.8. The first-order valence-electron chi connectivity index (χ1n) is 11.6. The summed E-state index contributed by atoms with van der Waals surface area (Å²) in [6.07, 6.45) is 3.11. The lowest BCUT2D eigenvalue weighted by Gasteiger charge is -2.14. The molecule has 182 valence electrons. The molecule has 0 aliphatic carbocycles. The minimum Gasteiger partial charge on any atom is -0.397 e. The van der Waals surface area contributed by atoms with Crippen LogP contribution >= 0.6 is 11.6 Å². The van der Waals surface area contributed by atoms with Gasteiger partial charge in [0.15, 0.2) is 5.65 Å². The van der Waals surface area contributed by atoms with Crippen LogP contribution in [0.3, 0.4) is 0 Å². The third kappa shape index (κ3) is 4.07. The van der Waals surface area contributed by atoms with Crippen LogP contribution in [0.2, 0.25) is 5.02 Å². The predicted molar refractivity (Wildman–Crippen MR) is 147 cm³/mol. The molecule has 6 aromatic rings. The molecule has 0 saturated heterocycles. The fourth-order valence-corrected chi connectivity index (χ4v) is 4.38. The van der Waals surface area contributed by atoms with Crippen molar-refractivity contribution in [2.24, 2.45) is 0 Å². The number of aromatic nitrogens is 5. The number of benzene rings is 3. The van der Waals surface area contributed by atoms with Crippen molar-refractivity contribution in [3.05, 3.63) is 118 Å². The molecule has 0 unspecified atom stereocenters. The van der Waals surface area contributed by atoms with Crippen molar-refractivity contribution >= 4 is 28.3 Å². The van der Waals surface area contributed by atoms with Crippen molar-refractivity contribution in [2.45, 2.75) is 0 Å². The van der Waals surface area contributed by atoms with E-state index >= 15 is 0 Å². The number of nitrogen functional groups attached to an aromatic ring is 1. The Bertz CT molecular complexity index is 1900. The second-order valence-corrected chi connectivity index (χ2v) is 9.00. The van der Waals surface area contributed by atoms with E-state index in [-0.39, 0.29) is 5.56 Å². The molecule has 0 bridgehead atoms. The lowest BCUT2D eigenvalue weighted by molar-refractivity contribution is 0.888. The zero-order chi connectivity index (χ0) is 26.2. The molecule has 3 heterocycles. The van der Waals surface area contributed by atoms with E-state index in [4.69, 9.17) is 22.3 Å². The molecule has 3 aromatic carbocycles. The molecule has 0 fully saturated rings. The van der Waals surface area contributed by atoms with Gasteiger partial charge >= 0.3 is 0 Å². The molecular formula is C29H18ClN7O. The van der Waals surface area contributed by atoms with Crippen molar-refractivity contribution in [2.75, 3.05) is 5.73 Å². The van der Waals surface area contributed by atoms with Crippen molar-refractivity contribution in [3.8, 4) is 40.1 Å². The highest BCUT2D eigenvalue weighted by molar-refractivity contribution is 6.30. The van der Waals surface area contributed by atoms with Crippen LogP contribution in [0.25, 0.3) is 45.1 Å². The van der Waals surface area contributed by atoms with Crippen LogP contribution in [0.15, 0.2) is 102 Å². The standard InChI is InChI=1S/C29H18ClN7O/c30-21-8-11-23(12-9-21)36-27(20-6-4-19(5-7-20)26-13-10-22(32)16-33-26)35-28-25(29(36)38)17-34-37(28)24-3-1-2-18(14-24)15-31/h1-14,16-17H,32H2. The Morgan fingerprint density at radius 2 is 1.63 bits per heavy atom. The van der Waals surface area contributed by atoms with E-state index in [2.05, 4.69) is 16.2 Å². The highest BCUT2D eigenvalue weighted by atomic mass is 35.5. The third-order valence-electron chi connectivity index (χ3n) is 6.13. The molecule has 0 spiro atoms. The summed E-state index contributed by atoms with van der Waals surface area (Å²) in [5.41, 5.74) is 10.6. The Morgan fingerprint density at radius 1 is 0.868 bits per heavy atom. The summed E-state index contributed by atoms with van der Waals surface area (Å²) in [5.74, 6) is 0.430. The maximum atomic E-state index is 13.9. The van der Waals surface area contributed by atoms with Crippen LogP contribution in [0.4, 0.5) is 5.69 Å². The van der Waals surface area contributed by atoms with Crippen molar-refractivity contribution < 1.29 is 0 Å². The van der Waals surface area contributed by atoms with Gasteiger partial charge in [-0.15, -0.1) is 0 Å². The maximum absolute atomic E-state index is 13.9. The number of hydrogen-bond donors (Lipinski definition) is 1. The first-order chi connectivity index (χ1) is 18.5. The van der Waals surface area contributed by atoms with Crippen molar-refractivity contribution in [3.63, 3.8) is 0 Å². The van der Waals surface area contributed by atoms with E-state index in [1.807, 2.05) is 36.4 Å². The quantitative estimate of drug-likeness (QED) is 0.335. The van der Waals surface area contributed by atoms with Crippen LogP contribution in [0.1, 0.15) is 5.56 Å². The number of fused-ring (bicyclic) bond motifs is 1. The molecule has 3 aromatic heterocycles. The van der Waals surface area contributed by atoms with Gasteiger partial charge < -0.3 is 5.73 Å². The number of rotatable bonds is 4. The Morgan fingerprint density at radius 3 is 2.34 bits per heavy atom. The van der Waals surface area contributed by atoms with Gasteiger partial charge in [-0.05, 0) is 54.6 Å². The lowest BCUT2D eigenvalue weighted by atomic mass is 10.1. The summed E-state index contributed by atoms with van der Waals surface area (Å²) in [7, 11) is 0. The number of anilines is 1. The van der Waals surface area contributed by atoms with Crippen LogP contribution in [0, 0.1) is 11.3 Å². The van der Waals surface area contributed by atoms with Gasteiger partial charge in [0.2, 0.25) is 0 Å². The molecule has 0 aliphatic rings. The number of nitrogens with zero attached hydrogens (tertiary/aromatic N) is 6. The van der Waals surface area contributed by atoms with Gasteiger partial charge in [-0.3, -0.25) is 14.3 Å². The average Bonchev–Trinajstić information content (AvgIpc) is 3.39. The summed E-state index contributed by atoms with van der Waals surface area (Å²) >= 11 is 6.12. The number of nitrogens with two attached hydrogens (primary N) is 1. The minimum atomic E-state index is -0.278. The number of pyridine rings is 1. The molecule has 0 aliphatic heterocycles. The summed E-state index contributed by atoms with van der Waals surface area (Å²) in [5, 5.41) is 14.7. The molecule has 2 N–H and O–H groups in total. The van der Waals surface area contributed by atoms with E-state index in [0.29, 0.717) is 44.5 Å². The largest absolute Gasteiger partial charge is 0.397 e. The van der Waals surface area contributed by atoms with E-state index in [0.717, 1.165) is 16.8 Å². The molecule has 9 heteroatoms. The molecule has 0 radical (unpaired) electrons. The molecule has 0 amide bonds. The van der Waals surface area contributed by atoms with Crippen LogP contribution < -0.4 is 11.3 Å². The minimum absolute atomic E-state index is 0.278. The average molecular weight is 516 g/mol. The van der Waals surface area contributed by atoms with E-state index in [9.17, 15) is 10.1 Å². The summed E-state index contributed by atoms with van der Waals surface area (Å²) in [4.78, 5) is 23.2.